The summed E-state index contributed by atoms with van der Waals surface area (Å²) >= 11 is 0. The third-order valence-electron chi connectivity index (χ3n) is 7.46. The third-order valence-corrected chi connectivity index (χ3v) is 7.46. The molecule has 3 aromatic carbocycles. The number of hydrogen-bond acceptors (Lipinski definition) is 8. The van der Waals surface area contributed by atoms with E-state index < -0.39 is 17.7 Å². The number of rotatable bonds is 11. The van der Waals surface area contributed by atoms with Crippen LogP contribution in [0.2, 0.25) is 0 Å². The van der Waals surface area contributed by atoms with E-state index in [1.807, 2.05) is 43.3 Å². The molecular formula is C33H36N2O7. The van der Waals surface area contributed by atoms with Crippen LogP contribution in [0.5, 0.6) is 17.2 Å². The van der Waals surface area contributed by atoms with Gasteiger partial charge in [-0.1, -0.05) is 48.5 Å². The van der Waals surface area contributed by atoms with Gasteiger partial charge in [-0.25, -0.2) is 0 Å². The summed E-state index contributed by atoms with van der Waals surface area (Å²) in [6.45, 7) is 6.30. The first-order valence-corrected chi connectivity index (χ1v) is 14.2. The highest BCUT2D eigenvalue weighted by Gasteiger charge is 2.46. The average molecular weight is 573 g/mol. The van der Waals surface area contributed by atoms with Crippen molar-refractivity contribution in [1.29, 1.82) is 0 Å². The van der Waals surface area contributed by atoms with Crippen LogP contribution < -0.4 is 14.2 Å². The van der Waals surface area contributed by atoms with Crippen molar-refractivity contribution in [2.24, 2.45) is 0 Å². The number of morpholine rings is 1. The number of Topliss-reactive ketones (excluding diaryl/α,β-unsaturated/α-hetero) is 1. The highest BCUT2D eigenvalue weighted by atomic mass is 16.5. The molecule has 2 aliphatic heterocycles. The Morgan fingerprint density at radius 3 is 2.45 bits per heavy atom. The number of nitrogens with zero attached hydrogens (tertiary/aromatic N) is 2. The zero-order chi connectivity index (χ0) is 29.5. The second-order valence-electron chi connectivity index (χ2n) is 10.1. The van der Waals surface area contributed by atoms with Crippen LogP contribution in [0, 0.1) is 0 Å². The molecule has 42 heavy (non-hydrogen) atoms. The molecule has 9 heteroatoms. The van der Waals surface area contributed by atoms with E-state index in [-0.39, 0.29) is 11.3 Å². The Kier molecular flexibility index (Phi) is 9.41. The van der Waals surface area contributed by atoms with E-state index >= 15 is 0 Å². The Balaban J connectivity index is 1.51. The molecule has 3 aromatic rings. The molecule has 0 saturated carbocycles. The van der Waals surface area contributed by atoms with E-state index in [9.17, 15) is 14.7 Å². The minimum absolute atomic E-state index is 0.0237. The fraction of sp³-hybridized carbons (Fsp3) is 0.333. The van der Waals surface area contributed by atoms with Crippen molar-refractivity contribution in [3.8, 4) is 17.2 Å². The van der Waals surface area contributed by atoms with E-state index in [1.165, 1.54) is 4.90 Å². The summed E-state index contributed by atoms with van der Waals surface area (Å²) in [5.74, 6) is -0.0949. The molecule has 2 aliphatic rings. The summed E-state index contributed by atoms with van der Waals surface area (Å²) in [5.41, 5.74) is 2.06. The van der Waals surface area contributed by atoms with Gasteiger partial charge in [0, 0.05) is 31.7 Å². The van der Waals surface area contributed by atoms with E-state index in [4.69, 9.17) is 18.9 Å². The van der Waals surface area contributed by atoms with Crippen LogP contribution in [0.15, 0.2) is 78.4 Å². The Hall–Kier alpha value is -4.34. The number of carbonyl (C=O) groups is 2. The quantitative estimate of drug-likeness (QED) is 0.205. The minimum Gasteiger partial charge on any atom is -0.507 e. The third kappa shape index (κ3) is 6.42. The van der Waals surface area contributed by atoms with Crippen molar-refractivity contribution in [3.63, 3.8) is 0 Å². The number of hydrogen-bond donors (Lipinski definition) is 1. The Morgan fingerprint density at radius 1 is 0.929 bits per heavy atom. The lowest BCUT2D eigenvalue weighted by Gasteiger charge is -2.31. The SMILES string of the molecule is CCOc1cccc(/C(O)=C2\C(=O)C(=O)N(CCN3CCOCC3)C2c2ccc(OCc3ccccc3)c(OC)c2)c1. The molecule has 0 aromatic heterocycles. The number of ether oxygens (including phenoxy) is 4. The molecule has 2 saturated heterocycles. The maximum atomic E-state index is 13.5. The van der Waals surface area contributed by atoms with E-state index in [0.717, 1.165) is 18.7 Å². The molecule has 0 spiro atoms. The molecule has 1 atom stereocenters. The van der Waals surface area contributed by atoms with Crippen LogP contribution in [0.1, 0.15) is 29.7 Å². The molecule has 2 fully saturated rings. The predicted molar refractivity (Wildman–Crippen MR) is 158 cm³/mol. The van der Waals surface area contributed by atoms with Gasteiger partial charge >= 0.3 is 0 Å². The molecule has 0 aliphatic carbocycles. The molecule has 0 bridgehead atoms. The van der Waals surface area contributed by atoms with Gasteiger partial charge < -0.3 is 29.0 Å². The Labute approximate surface area is 245 Å². The summed E-state index contributed by atoms with van der Waals surface area (Å²) in [6.07, 6.45) is 0. The van der Waals surface area contributed by atoms with Crippen LogP contribution in [0.4, 0.5) is 0 Å². The van der Waals surface area contributed by atoms with Gasteiger partial charge in [-0.05, 0) is 42.3 Å². The molecule has 1 unspecified atom stereocenters. The molecule has 9 nitrogen and oxygen atoms in total. The molecular weight excluding hydrogens is 536 g/mol. The van der Waals surface area contributed by atoms with Gasteiger partial charge in [0.25, 0.3) is 11.7 Å². The summed E-state index contributed by atoms with van der Waals surface area (Å²) in [6, 6.07) is 21.2. The topological polar surface area (TPSA) is 97.8 Å². The number of ketones is 1. The summed E-state index contributed by atoms with van der Waals surface area (Å²) in [7, 11) is 1.54. The molecule has 2 heterocycles. The van der Waals surface area contributed by atoms with Gasteiger partial charge in [0.05, 0.1) is 38.5 Å². The van der Waals surface area contributed by atoms with Crippen LogP contribution in [-0.4, -0.2) is 79.7 Å². The first-order chi connectivity index (χ1) is 20.5. The first kappa shape index (κ1) is 29.2. The molecule has 220 valence electrons. The van der Waals surface area contributed by atoms with Gasteiger partial charge in [-0.2, -0.15) is 0 Å². The van der Waals surface area contributed by atoms with Crippen molar-refractivity contribution in [3.05, 3.63) is 95.1 Å². The largest absolute Gasteiger partial charge is 0.507 e. The van der Waals surface area contributed by atoms with Gasteiger partial charge in [0.1, 0.15) is 18.1 Å². The highest BCUT2D eigenvalue weighted by Crippen LogP contribution is 2.42. The zero-order valence-electron chi connectivity index (χ0n) is 24.0. The number of aliphatic hydroxyl groups excluding tert-OH is 1. The van der Waals surface area contributed by atoms with Gasteiger partial charge in [0.15, 0.2) is 11.5 Å². The standard InChI is InChI=1S/C33H36N2O7/c1-3-41-26-11-7-10-25(20-26)31(36)29-30(35(33(38)32(29)37)15-14-34-16-18-40-19-17-34)24-12-13-27(28(21-24)39-2)42-22-23-8-5-4-6-9-23/h4-13,20-21,30,36H,3,14-19,22H2,1-2H3/b31-29+. The zero-order valence-corrected chi connectivity index (χ0v) is 24.0. The maximum absolute atomic E-state index is 13.5. The monoisotopic (exact) mass is 572 g/mol. The predicted octanol–water partition coefficient (Wildman–Crippen LogP) is 4.43. The number of methoxy groups -OCH3 is 1. The Morgan fingerprint density at radius 2 is 1.71 bits per heavy atom. The fourth-order valence-electron chi connectivity index (χ4n) is 5.30. The lowest BCUT2D eigenvalue weighted by atomic mass is 9.95. The molecule has 0 radical (unpaired) electrons. The second-order valence-corrected chi connectivity index (χ2v) is 10.1. The number of amides is 1. The van der Waals surface area contributed by atoms with E-state index in [0.29, 0.717) is 67.9 Å². The van der Waals surface area contributed by atoms with Gasteiger partial charge in [0.2, 0.25) is 0 Å². The first-order valence-electron chi connectivity index (χ1n) is 14.2. The van der Waals surface area contributed by atoms with Crippen LogP contribution in [0.25, 0.3) is 5.76 Å². The number of likely N-dealkylation sites (tertiary alicyclic amines) is 1. The summed E-state index contributed by atoms with van der Waals surface area (Å²) in [4.78, 5) is 30.7. The van der Waals surface area contributed by atoms with Crippen molar-refractivity contribution in [1.82, 2.24) is 9.80 Å². The summed E-state index contributed by atoms with van der Waals surface area (Å²) in [5, 5.41) is 11.5. The maximum Gasteiger partial charge on any atom is 0.295 e. The van der Waals surface area contributed by atoms with Crippen LogP contribution >= 0.6 is 0 Å². The number of aliphatic hydroxyl groups is 1. The minimum atomic E-state index is -0.820. The van der Waals surface area contributed by atoms with Crippen LogP contribution in [-0.2, 0) is 20.9 Å². The fourth-order valence-corrected chi connectivity index (χ4v) is 5.30. The van der Waals surface area contributed by atoms with Crippen molar-refractivity contribution < 1.29 is 33.6 Å². The smallest absolute Gasteiger partial charge is 0.295 e. The second kappa shape index (κ2) is 13.5. The van der Waals surface area contributed by atoms with Crippen molar-refractivity contribution in [2.75, 3.05) is 53.1 Å². The van der Waals surface area contributed by atoms with Gasteiger partial charge in [-0.15, -0.1) is 0 Å². The highest BCUT2D eigenvalue weighted by molar-refractivity contribution is 6.46. The number of carbonyl (C=O) groups excluding carboxylic acids is 2. The normalized spacial score (nSPS) is 18.7. The molecule has 5 rings (SSSR count). The lowest BCUT2D eigenvalue weighted by molar-refractivity contribution is -0.140. The molecule has 1 N–H and O–H groups in total. The molecule has 1 amide bonds. The summed E-state index contributed by atoms with van der Waals surface area (Å²) < 4.78 is 22.8. The van der Waals surface area contributed by atoms with Gasteiger partial charge in [-0.3, -0.25) is 14.5 Å². The van der Waals surface area contributed by atoms with E-state index in [1.54, 1.807) is 43.5 Å². The Bertz CT molecular complexity index is 1430. The van der Waals surface area contributed by atoms with Crippen molar-refractivity contribution in [2.45, 2.75) is 19.6 Å². The van der Waals surface area contributed by atoms with E-state index in [2.05, 4.69) is 4.90 Å². The van der Waals surface area contributed by atoms with Crippen molar-refractivity contribution >= 4 is 17.4 Å². The lowest BCUT2D eigenvalue weighted by Crippen LogP contribution is -2.42. The van der Waals surface area contributed by atoms with Crippen LogP contribution in [0.3, 0.4) is 0 Å². The number of benzene rings is 3. The average Bonchev–Trinajstić information content (AvgIpc) is 3.28.